The number of hydrogen-bond acceptors (Lipinski definition) is 3. The summed E-state index contributed by atoms with van der Waals surface area (Å²) in [5.74, 6) is 0.882. The second-order valence-electron chi connectivity index (χ2n) is 4.69. The molecular weight excluding hydrogens is 228 g/mol. The molecule has 0 amide bonds. The van der Waals surface area contributed by atoms with E-state index in [9.17, 15) is 5.11 Å². The van der Waals surface area contributed by atoms with E-state index < -0.39 is 0 Å². The molecule has 18 heavy (non-hydrogen) atoms. The van der Waals surface area contributed by atoms with Crippen LogP contribution in [0.25, 0.3) is 0 Å². The molecule has 1 aromatic carbocycles. The molecule has 2 aromatic rings. The molecule has 0 aliphatic heterocycles. The molecule has 3 rings (SSSR count). The standard InChI is InChI=1S/C14H16N2O2/c1-16-8-10(7-15-16)9-18-14-4-2-3-11-12(14)5-6-13(11)17/h2-4,7-8,13,17H,5-6,9H2,1H3. The van der Waals surface area contributed by atoms with Gasteiger partial charge in [0.05, 0.1) is 12.3 Å². The van der Waals surface area contributed by atoms with Crippen molar-refractivity contribution in [3.05, 3.63) is 47.3 Å². The second kappa shape index (κ2) is 4.46. The van der Waals surface area contributed by atoms with E-state index in [1.807, 2.05) is 31.4 Å². The summed E-state index contributed by atoms with van der Waals surface area (Å²) in [4.78, 5) is 0. The quantitative estimate of drug-likeness (QED) is 0.898. The number of nitrogens with zero attached hydrogens (tertiary/aromatic N) is 2. The molecule has 94 valence electrons. The van der Waals surface area contributed by atoms with Gasteiger partial charge in [-0.3, -0.25) is 4.68 Å². The predicted molar refractivity (Wildman–Crippen MR) is 67.3 cm³/mol. The molecule has 1 atom stereocenters. The van der Waals surface area contributed by atoms with Crippen LogP contribution in [0.3, 0.4) is 0 Å². The van der Waals surface area contributed by atoms with Crippen LogP contribution in [0.1, 0.15) is 29.2 Å². The van der Waals surface area contributed by atoms with Gasteiger partial charge < -0.3 is 9.84 Å². The maximum absolute atomic E-state index is 9.83. The van der Waals surface area contributed by atoms with Gasteiger partial charge in [0.15, 0.2) is 0 Å². The molecule has 1 aromatic heterocycles. The molecule has 0 fully saturated rings. The third-order valence-corrected chi connectivity index (χ3v) is 3.35. The van der Waals surface area contributed by atoms with E-state index in [0.29, 0.717) is 6.61 Å². The lowest BCUT2D eigenvalue weighted by Gasteiger charge is -2.10. The lowest BCUT2D eigenvalue weighted by atomic mass is 10.1. The number of hydrogen-bond donors (Lipinski definition) is 1. The maximum Gasteiger partial charge on any atom is 0.123 e. The lowest BCUT2D eigenvalue weighted by molar-refractivity contribution is 0.180. The first-order valence-electron chi connectivity index (χ1n) is 6.14. The topological polar surface area (TPSA) is 47.3 Å². The van der Waals surface area contributed by atoms with Gasteiger partial charge in [-0.05, 0) is 24.5 Å². The summed E-state index contributed by atoms with van der Waals surface area (Å²) in [6, 6.07) is 5.88. The van der Waals surface area contributed by atoms with Crippen molar-refractivity contribution in [2.75, 3.05) is 0 Å². The molecule has 0 spiro atoms. The highest BCUT2D eigenvalue weighted by molar-refractivity contribution is 5.44. The summed E-state index contributed by atoms with van der Waals surface area (Å²) in [7, 11) is 1.89. The molecule has 0 saturated heterocycles. The van der Waals surface area contributed by atoms with Crippen molar-refractivity contribution < 1.29 is 9.84 Å². The number of fused-ring (bicyclic) bond motifs is 1. The number of aliphatic hydroxyl groups excluding tert-OH is 1. The second-order valence-corrected chi connectivity index (χ2v) is 4.69. The molecule has 0 bridgehead atoms. The van der Waals surface area contributed by atoms with Crippen LogP contribution in [-0.4, -0.2) is 14.9 Å². The van der Waals surface area contributed by atoms with E-state index in [-0.39, 0.29) is 6.10 Å². The summed E-state index contributed by atoms with van der Waals surface area (Å²) < 4.78 is 7.59. The van der Waals surface area contributed by atoms with Crippen LogP contribution in [-0.2, 0) is 20.1 Å². The summed E-state index contributed by atoms with van der Waals surface area (Å²) in [6.07, 6.45) is 5.10. The van der Waals surface area contributed by atoms with Gasteiger partial charge in [0.1, 0.15) is 12.4 Å². The first-order chi connectivity index (χ1) is 8.74. The van der Waals surface area contributed by atoms with Gasteiger partial charge in [0.2, 0.25) is 0 Å². The normalized spacial score (nSPS) is 17.8. The number of aryl methyl sites for hydroxylation is 1. The molecule has 1 N–H and O–H groups in total. The first-order valence-corrected chi connectivity index (χ1v) is 6.14. The average molecular weight is 244 g/mol. The fourth-order valence-electron chi connectivity index (χ4n) is 2.44. The Morgan fingerprint density at radius 3 is 3.17 bits per heavy atom. The molecule has 1 unspecified atom stereocenters. The highest BCUT2D eigenvalue weighted by Gasteiger charge is 2.23. The van der Waals surface area contributed by atoms with Gasteiger partial charge >= 0.3 is 0 Å². The fraction of sp³-hybridized carbons (Fsp3) is 0.357. The minimum absolute atomic E-state index is 0.332. The van der Waals surface area contributed by atoms with E-state index in [0.717, 1.165) is 35.3 Å². The lowest BCUT2D eigenvalue weighted by Crippen LogP contribution is -1.98. The Balaban J connectivity index is 1.78. The third-order valence-electron chi connectivity index (χ3n) is 3.35. The van der Waals surface area contributed by atoms with Crippen molar-refractivity contribution in [1.29, 1.82) is 0 Å². The molecule has 1 aliphatic rings. The number of rotatable bonds is 3. The summed E-state index contributed by atoms with van der Waals surface area (Å²) >= 11 is 0. The van der Waals surface area contributed by atoms with Crippen molar-refractivity contribution in [3.63, 3.8) is 0 Å². The minimum atomic E-state index is -0.332. The molecule has 4 heteroatoms. The number of benzene rings is 1. The van der Waals surface area contributed by atoms with Gasteiger partial charge in [-0.1, -0.05) is 12.1 Å². The molecule has 1 aliphatic carbocycles. The Morgan fingerprint density at radius 2 is 2.39 bits per heavy atom. The van der Waals surface area contributed by atoms with Gasteiger partial charge in [-0.15, -0.1) is 0 Å². The molecular formula is C14H16N2O2. The Kier molecular flexibility index (Phi) is 2.80. The van der Waals surface area contributed by atoms with Gasteiger partial charge in [-0.2, -0.15) is 5.10 Å². The van der Waals surface area contributed by atoms with E-state index in [2.05, 4.69) is 5.10 Å². The van der Waals surface area contributed by atoms with E-state index in [4.69, 9.17) is 4.74 Å². The smallest absolute Gasteiger partial charge is 0.123 e. The minimum Gasteiger partial charge on any atom is -0.488 e. The number of aromatic nitrogens is 2. The van der Waals surface area contributed by atoms with Crippen molar-refractivity contribution in [3.8, 4) is 5.75 Å². The first kappa shape index (κ1) is 11.3. The number of aliphatic hydroxyl groups is 1. The van der Waals surface area contributed by atoms with Crippen LogP contribution in [0.2, 0.25) is 0 Å². The average Bonchev–Trinajstić information content (AvgIpc) is 2.94. The Hall–Kier alpha value is -1.81. The van der Waals surface area contributed by atoms with Crippen LogP contribution in [0.4, 0.5) is 0 Å². The predicted octanol–water partition coefficient (Wildman–Crippen LogP) is 1.98. The zero-order chi connectivity index (χ0) is 12.5. The summed E-state index contributed by atoms with van der Waals surface area (Å²) in [6.45, 7) is 0.514. The third kappa shape index (κ3) is 1.99. The Bertz CT molecular complexity index is 563. The summed E-state index contributed by atoms with van der Waals surface area (Å²) in [5, 5.41) is 13.9. The zero-order valence-corrected chi connectivity index (χ0v) is 10.3. The number of ether oxygens (including phenoxy) is 1. The maximum atomic E-state index is 9.83. The van der Waals surface area contributed by atoms with Crippen molar-refractivity contribution in [2.24, 2.45) is 7.05 Å². The van der Waals surface area contributed by atoms with Crippen LogP contribution in [0, 0.1) is 0 Å². The van der Waals surface area contributed by atoms with Gasteiger partial charge in [0.25, 0.3) is 0 Å². The van der Waals surface area contributed by atoms with Gasteiger partial charge in [-0.25, -0.2) is 0 Å². The van der Waals surface area contributed by atoms with Crippen LogP contribution in [0.15, 0.2) is 30.6 Å². The zero-order valence-electron chi connectivity index (χ0n) is 10.3. The molecule has 4 nitrogen and oxygen atoms in total. The van der Waals surface area contributed by atoms with Crippen molar-refractivity contribution >= 4 is 0 Å². The van der Waals surface area contributed by atoms with Crippen LogP contribution >= 0.6 is 0 Å². The van der Waals surface area contributed by atoms with Gasteiger partial charge in [0, 0.05) is 24.4 Å². The fourth-order valence-corrected chi connectivity index (χ4v) is 2.44. The molecule has 0 radical (unpaired) electrons. The van der Waals surface area contributed by atoms with Crippen LogP contribution < -0.4 is 4.74 Å². The van der Waals surface area contributed by atoms with Crippen LogP contribution in [0.5, 0.6) is 5.75 Å². The van der Waals surface area contributed by atoms with E-state index in [1.54, 1.807) is 10.9 Å². The van der Waals surface area contributed by atoms with E-state index in [1.165, 1.54) is 0 Å². The summed E-state index contributed by atoms with van der Waals surface area (Å²) in [5.41, 5.74) is 3.21. The highest BCUT2D eigenvalue weighted by Crippen LogP contribution is 2.36. The monoisotopic (exact) mass is 244 g/mol. The highest BCUT2D eigenvalue weighted by atomic mass is 16.5. The van der Waals surface area contributed by atoms with Crippen molar-refractivity contribution in [1.82, 2.24) is 9.78 Å². The molecule has 1 heterocycles. The Labute approximate surface area is 106 Å². The largest absolute Gasteiger partial charge is 0.488 e. The van der Waals surface area contributed by atoms with Crippen molar-refractivity contribution in [2.45, 2.75) is 25.6 Å². The Morgan fingerprint density at radius 1 is 1.50 bits per heavy atom. The molecule has 0 saturated carbocycles. The SMILES string of the molecule is Cn1cc(COc2cccc3c2CCC3O)cn1. The van der Waals surface area contributed by atoms with E-state index >= 15 is 0 Å².